The Labute approximate surface area is 160 Å². The van der Waals surface area contributed by atoms with Crippen LogP contribution < -0.4 is 11.1 Å². The summed E-state index contributed by atoms with van der Waals surface area (Å²) in [4.78, 5) is 44.8. The van der Waals surface area contributed by atoms with E-state index < -0.39 is 23.6 Å². The van der Waals surface area contributed by atoms with E-state index in [4.69, 9.17) is 5.73 Å². The third-order valence-corrected chi connectivity index (χ3v) is 4.11. The van der Waals surface area contributed by atoms with Crippen LogP contribution in [0.2, 0.25) is 0 Å². The molecule has 1 aromatic carbocycles. The Morgan fingerprint density at radius 1 is 1.11 bits per heavy atom. The zero-order valence-corrected chi connectivity index (χ0v) is 15.1. The Morgan fingerprint density at radius 2 is 1.79 bits per heavy atom. The standard InChI is InChI=1S/C19H18N6O3/c1-25-15(18-21-8-5-9-22-18)13(11-23-25)19(28)24-14(16(26)17(20)27)10-12-6-3-2-4-7-12/h2-9,11,14H,10H2,1H3,(H2,20,27)(H,24,28)/t14-/m0/s1. The molecule has 0 fully saturated rings. The minimum absolute atomic E-state index is 0.131. The van der Waals surface area contributed by atoms with E-state index in [2.05, 4.69) is 20.4 Å². The molecular formula is C19H18N6O3. The SMILES string of the molecule is Cn1ncc(C(=O)N[C@@H](Cc2ccccc2)C(=O)C(N)=O)c1-c1ncccn1. The van der Waals surface area contributed by atoms with Gasteiger partial charge in [0.05, 0.1) is 11.8 Å². The fourth-order valence-electron chi connectivity index (χ4n) is 2.76. The number of aryl methyl sites for hydroxylation is 1. The molecule has 0 saturated carbocycles. The van der Waals surface area contributed by atoms with E-state index in [0.717, 1.165) is 5.56 Å². The molecule has 0 bridgehead atoms. The first-order valence-corrected chi connectivity index (χ1v) is 8.45. The second kappa shape index (κ2) is 8.21. The molecule has 0 radical (unpaired) electrons. The summed E-state index contributed by atoms with van der Waals surface area (Å²) in [5, 5.41) is 6.67. The molecule has 0 aliphatic carbocycles. The Morgan fingerprint density at radius 3 is 2.43 bits per heavy atom. The number of nitrogens with zero attached hydrogens (tertiary/aromatic N) is 4. The second-order valence-electron chi connectivity index (χ2n) is 6.05. The molecule has 0 aliphatic heterocycles. The predicted octanol–water partition coefficient (Wildman–Crippen LogP) is 0.273. The van der Waals surface area contributed by atoms with E-state index in [1.807, 2.05) is 6.07 Å². The van der Waals surface area contributed by atoms with Gasteiger partial charge in [-0.2, -0.15) is 5.10 Å². The van der Waals surface area contributed by atoms with Crippen molar-refractivity contribution in [3.05, 3.63) is 66.1 Å². The molecule has 2 aromatic heterocycles. The molecular weight excluding hydrogens is 360 g/mol. The van der Waals surface area contributed by atoms with E-state index in [1.165, 1.54) is 10.9 Å². The molecule has 0 spiro atoms. The van der Waals surface area contributed by atoms with E-state index in [1.54, 1.807) is 49.8 Å². The highest BCUT2D eigenvalue weighted by molar-refractivity contribution is 6.38. The summed E-state index contributed by atoms with van der Waals surface area (Å²) < 4.78 is 1.46. The van der Waals surface area contributed by atoms with Gasteiger partial charge in [-0.1, -0.05) is 30.3 Å². The number of aromatic nitrogens is 4. The van der Waals surface area contributed by atoms with Gasteiger partial charge >= 0.3 is 0 Å². The maximum atomic E-state index is 12.9. The number of nitrogens with one attached hydrogen (secondary N) is 1. The number of primary amides is 1. The molecule has 2 heterocycles. The number of Topliss-reactive ketones (excluding diaryl/α,β-unsaturated/α-hetero) is 1. The quantitative estimate of drug-likeness (QED) is 0.567. The molecule has 3 rings (SSSR count). The van der Waals surface area contributed by atoms with Crippen LogP contribution in [0.25, 0.3) is 11.5 Å². The van der Waals surface area contributed by atoms with Crippen molar-refractivity contribution in [2.75, 3.05) is 0 Å². The van der Waals surface area contributed by atoms with Gasteiger partial charge in [0.15, 0.2) is 5.82 Å². The van der Waals surface area contributed by atoms with Crippen LogP contribution in [0.4, 0.5) is 0 Å². The number of nitrogens with two attached hydrogens (primary N) is 1. The highest BCUT2D eigenvalue weighted by Crippen LogP contribution is 2.19. The van der Waals surface area contributed by atoms with Crippen molar-refractivity contribution < 1.29 is 14.4 Å². The first-order valence-electron chi connectivity index (χ1n) is 8.45. The lowest BCUT2D eigenvalue weighted by Gasteiger charge is -2.16. The van der Waals surface area contributed by atoms with Gasteiger partial charge in [-0.15, -0.1) is 0 Å². The van der Waals surface area contributed by atoms with Gasteiger partial charge in [0.2, 0.25) is 5.78 Å². The Kier molecular flexibility index (Phi) is 5.54. The summed E-state index contributed by atoms with van der Waals surface area (Å²) >= 11 is 0. The largest absolute Gasteiger partial charge is 0.363 e. The van der Waals surface area contributed by atoms with E-state index >= 15 is 0 Å². The van der Waals surface area contributed by atoms with Crippen LogP contribution in [-0.4, -0.2) is 43.4 Å². The summed E-state index contributed by atoms with van der Waals surface area (Å²) in [6.45, 7) is 0. The number of benzene rings is 1. The van der Waals surface area contributed by atoms with Gasteiger partial charge in [0.1, 0.15) is 11.7 Å². The van der Waals surface area contributed by atoms with Crippen LogP contribution in [0.15, 0.2) is 55.0 Å². The molecule has 1 atom stereocenters. The topological polar surface area (TPSA) is 133 Å². The van der Waals surface area contributed by atoms with Gasteiger partial charge in [0.25, 0.3) is 11.8 Å². The lowest BCUT2D eigenvalue weighted by atomic mass is 10.0. The molecule has 142 valence electrons. The smallest absolute Gasteiger partial charge is 0.287 e. The predicted molar refractivity (Wildman–Crippen MR) is 99.8 cm³/mol. The molecule has 28 heavy (non-hydrogen) atoms. The molecule has 2 amide bonds. The first-order chi connectivity index (χ1) is 13.5. The summed E-state index contributed by atoms with van der Waals surface area (Å²) in [5.41, 5.74) is 6.51. The van der Waals surface area contributed by atoms with Crippen molar-refractivity contribution in [1.29, 1.82) is 0 Å². The second-order valence-corrected chi connectivity index (χ2v) is 6.05. The first kappa shape index (κ1) is 18.9. The number of rotatable bonds is 7. The number of hydrogen-bond acceptors (Lipinski definition) is 6. The van der Waals surface area contributed by atoms with Crippen LogP contribution in [0.3, 0.4) is 0 Å². The molecule has 3 N–H and O–H groups in total. The lowest BCUT2D eigenvalue weighted by Crippen LogP contribution is -2.47. The van der Waals surface area contributed by atoms with Crippen LogP contribution >= 0.6 is 0 Å². The summed E-state index contributed by atoms with van der Waals surface area (Å²) in [7, 11) is 1.65. The normalized spacial score (nSPS) is 11.6. The van der Waals surface area contributed by atoms with Crippen LogP contribution in [0.5, 0.6) is 0 Å². The van der Waals surface area contributed by atoms with E-state index in [0.29, 0.717) is 11.5 Å². The van der Waals surface area contributed by atoms with Crippen molar-refractivity contribution in [3.8, 4) is 11.5 Å². The fourth-order valence-corrected chi connectivity index (χ4v) is 2.76. The van der Waals surface area contributed by atoms with Crippen LogP contribution in [0, 0.1) is 0 Å². The average molecular weight is 378 g/mol. The minimum atomic E-state index is -1.11. The zero-order valence-electron chi connectivity index (χ0n) is 15.1. The maximum absolute atomic E-state index is 12.9. The van der Waals surface area contributed by atoms with E-state index in [-0.39, 0.29) is 12.0 Å². The number of amides is 2. The fraction of sp³-hybridized carbons (Fsp3) is 0.158. The Bertz CT molecular complexity index is 1000. The van der Waals surface area contributed by atoms with Crippen molar-refractivity contribution >= 4 is 17.6 Å². The zero-order chi connectivity index (χ0) is 20.1. The number of carbonyl (C=O) groups is 3. The minimum Gasteiger partial charge on any atom is -0.363 e. The van der Waals surface area contributed by atoms with Crippen molar-refractivity contribution in [2.24, 2.45) is 12.8 Å². The lowest BCUT2D eigenvalue weighted by molar-refractivity contribution is -0.137. The van der Waals surface area contributed by atoms with Crippen molar-refractivity contribution in [2.45, 2.75) is 12.5 Å². The molecule has 9 heteroatoms. The van der Waals surface area contributed by atoms with Crippen LogP contribution in [-0.2, 0) is 23.1 Å². The monoisotopic (exact) mass is 378 g/mol. The van der Waals surface area contributed by atoms with Crippen LogP contribution in [0.1, 0.15) is 15.9 Å². The molecule has 9 nitrogen and oxygen atoms in total. The molecule has 0 saturated heterocycles. The maximum Gasteiger partial charge on any atom is 0.287 e. The highest BCUT2D eigenvalue weighted by Gasteiger charge is 2.28. The van der Waals surface area contributed by atoms with Gasteiger partial charge in [-0.3, -0.25) is 19.1 Å². The third kappa shape index (κ3) is 4.09. The third-order valence-electron chi connectivity index (χ3n) is 4.11. The molecule has 0 aliphatic rings. The number of ketones is 1. The van der Waals surface area contributed by atoms with Crippen molar-refractivity contribution in [3.63, 3.8) is 0 Å². The molecule has 0 unspecified atom stereocenters. The van der Waals surface area contributed by atoms with Gasteiger partial charge in [0, 0.05) is 25.9 Å². The summed E-state index contributed by atoms with van der Waals surface area (Å²) in [6.07, 6.45) is 4.58. The van der Waals surface area contributed by atoms with Gasteiger partial charge < -0.3 is 11.1 Å². The highest BCUT2D eigenvalue weighted by atomic mass is 16.2. The molecule has 3 aromatic rings. The average Bonchev–Trinajstić information content (AvgIpc) is 3.09. The van der Waals surface area contributed by atoms with Crippen molar-refractivity contribution in [1.82, 2.24) is 25.1 Å². The van der Waals surface area contributed by atoms with Gasteiger partial charge in [-0.05, 0) is 11.6 Å². The number of hydrogen-bond donors (Lipinski definition) is 2. The Balaban J connectivity index is 1.89. The number of carbonyl (C=O) groups excluding carboxylic acids is 3. The Hall–Kier alpha value is -3.88. The summed E-state index contributed by atoms with van der Waals surface area (Å²) in [6, 6.07) is 9.57. The van der Waals surface area contributed by atoms with E-state index in [9.17, 15) is 14.4 Å². The summed E-state index contributed by atoms with van der Waals surface area (Å²) in [5.74, 6) is -2.25. The van der Waals surface area contributed by atoms with Gasteiger partial charge in [-0.25, -0.2) is 9.97 Å².